The normalized spacial score (nSPS) is 11.6. The van der Waals surface area contributed by atoms with Crippen molar-refractivity contribution < 1.29 is 0 Å². The van der Waals surface area contributed by atoms with Crippen LogP contribution in [0.2, 0.25) is 0 Å². The van der Waals surface area contributed by atoms with Gasteiger partial charge >= 0.3 is 0 Å². The van der Waals surface area contributed by atoms with E-state index in [1.807, 2.05) is 20.1 Å². The molecule has 0 unspecified atom stereocenters. The van der Waals surface area contributed by atoms with Crippen molar-refractivity contribution in [2.45, 2.75) is 33.6 Å². The first-order valence-electron chi connectivity index (χ1n) is 6.11. The molecule has 1 aromatic carbocycles. The number of aromatic nitrogens is 3. The van der Waals surface area contributed by atoms with Crippen LogP contribution in [0.3, 0.4) is 0 Å². The van der Waals surface area contributed by atoms with Gasteiger partial charge in [0.15, 0.2) is 11.6 Å². The predicted molar refractivity (Wildman–Crippen MR) is 73.0 cm³/mol. The van der Waals surface area contributed by atoms with Gasteiger partial charge in [0.2, 0.25) is 0 Å². The standard InChI is InChI=1S/C14H18N4/c1-10(2)14-7-5-13(6-8-14)9-15-18-11(3)16-17-12(18)4/h5-10H,1-4H3/b15-9-. The third-order valence-corrected chi connectivity index (χ3v) is 2.88. The Hall–Kier alpha value is -1.97. The van der Waals surface area contributed by atoms with Crippen LogP contribution >= 0.6 is 0 Å². The second-order valence-corrected chi connectivity index (χ2v) is 4.67. The lowest BCUT2D eigenvalue weighted by Crippen LogP contribution is -1.96. The summed E-state index contributed by atoms with van der Waals surface area (Å²) >= 11 is 0. The highest BCUT2D eigenvalue weighted by Gasteiger charge is 2.01. The Morgan fingerprint density at radius 1 is 1.06 bits per heavy atom. The Kier molecular flexibility index (Phi) is 3.55. The minimum atomic E-state index is 0.554. The van der Waals surface area contributed by atoms with Gasteiger partial charge in [0, 0.05) is 0 Å². The monoisotopic (exact) mass is 242 g/mol. The summed E-state index contributed by atoms with van der Waals surface area (Å²) in [6, 6.07) is 8.43. The van der Waals surface area contributed by atoms with Crippen molar-refractivity contribution >= 4 is 6.21 Å². The van der Waals surface area contributed by atoms with E-state index in [0.29, 0.717) is 5.92 Å². The van der Waals surface area contributed by atoms with E-state index in [4.69, 9.17) is 0 Å². The number of aryl methyl sites for hydroxylation is 2. The highest BCUT2D eigenvalue weighted by Crippen LogP contribution is 2.14. The molecule has 0 aliphatic rings. The molecule has 2 rings (SSSR count). The Bertz CT molecular complexity index is 530. The van der Waals surface area contributed by atoms with Crippen molar-refractivity contribution in [3.05, 3.63) is 47.0 Å². The highest BCUT2D eigenvalue weighted by atomic mass is 15.4. The van der Waals surface area contributed by atoms with Crippen LogP contribution in [0.15, 0.2) is 29.4 Å². The molecular weight excluding hydrogens is 224 g/mol. The lowest BCUT2D eigenvalue weighted by atomic mass is 10.0. The first kappa shape index (κ1) is 12.5. The van der Waals surface area contributed by atoms with E-state index in [-0.39, 0.29) is 0 Å². The molecule has 0 fully saturated rings. The minimum Gasteiger partial charge on any atom is -0.202 e. The maximum absolute atomic E-state index is 4.38. The average Bonchev–Trinajstić information content (AvgIpc) is 2.67. The quantitative estimate of drug-likeness (QED) is 0.777. The summed E-state index contributed by atoms with van der Waals surface area (Å²) in [6.45, 7) is 8.15. The molecule has 0 aliphatic carbocycles. The molecule has 4 heteroatoms. The molecule has 0 amide bonds. The van der Waals surface area contributed by atoms with Gasteiger partial charge in [-0.3, -0.25) is 0 Å². The predicted octanol–water partition coefficient (Wildman–Crippen LogP) is 2.90. The van der Waals surface area contributed by atoms with Crippen molar-refractivity contribution in [2.75, 3.05) is 0 Å². The fraction of sp³-hybridized carbons (Fsp3) is 0.357. The van der Waals surface area contributed by atoms with Gasteiger partial charge in [-0.1, -0.05) is 38.1 Å². The third-order valence-electron chi connectivity index (χ3n) is 2.88. The van der Waals surface area contributed by atoms with Crippen molar-refractivity contribution in [3.8, 4) is 0 Å². The number of rotatable bonds is 3. The van der Waals surface area contributed by atoms with Gasteiger partial charge in [0.25, 0.3) is 0 Å². The van der Waals surface area contributed by atoms with Crippen LogP contribution < -0.4 is 0 Å². The number of benzene rings is 1. The van der Waals surface area contributed by atoms with Gasteiger partial charge in [0.1, 0.15) is 0 Å². The van der Waals surface area contributed by atoms with E-state index in [1.165, 1.54) is 5.56 Å². The van der Waals surface area contributed by atoms with Gasteiger partial charge in [-0.05, 0) is 30.9 Å². The summed E-state index contributed by atoms with van der Waals surface area (Å²) in [6.07, 6.45) is 1.83. The topological polar surface area (TPSA) is 43.1 Å². The van der Waals surface area contributed by atoms with E-state index < -0.39 is 0 Å². The number of hydrogen-bond donors (Lipinski definition) is 0. The molecule has 1 heterocycles. The Balaban J connectivity index is 2.19. The molecule has 0 bridgehead atoms. The number of hydrogen-bond acceptors (Lipinski definition) is 3. The van der Waals surface area contributed by atoms with Gasteiger partial charge in [-0.25, -0.2) is 4.68 Å². The molecule has 2 aromatic rings. The van der Waals surface area contributed by atoms with E-state index in [1.54, 1.807) is 4.68 Å². The Morgan fingerprint density at radius 3 is 2.11 bits per heavy atom. The van der Waals surface area contributed by atoms with Gasteiger partial charge in [-0.15, -0.1) is 10.2 Å². The van der Waals surface area contributed by atoms with E-state index in [9.17, 15) is 0 Å². The maximum atomic E-state index is 4.38. The second-order valence-electron chi connectivity index (χ2n) is 4.67. The van der Waals surface area contributed by atoms with Crippen LogP contribution in [-0.4, -0.2) is 21.1 Å². The van der Waals surface area contributed by atoms with Crippen molar-refractivity contribution in [1.29, 1.82) is 0 Å². The van der Waals surface area contributed by atoms with E-state index >= 15 is 0 Å². The fourth-order valence-corrected chi connectivity index (χ4v) is 1.72. The molecule has 1 aromatic heterocycles. The SMILES string of the molecule is Cc1nnc(C)n1/N=C\c1ccc(C(C)C)cc1. The molecule has 0 saturated heterocycles. The molecule has 94 valence electrons. The summed E-state index contributed by atoms with van der Waals surface area (Å²) in [5, 5.41) is 12.3. The number of nitrogens with zero attached hydrogens (tertiary/aromatic N) is 4. The van der Waals surface area contributed by atoms with Crippen molar-refractivity contribution in [1.82, 2.24) is 14.9 Å². The average molecular weight is 242 g/mol. The molecule has 0 spiro atoms. The van der Waals surface area contributed by atoms with Crippen LogP contribution in [0.4, 0.5) is 0 Å². The van der Waals surface area contributed by atoms with E-state index in [2.05, 4.69) is 53.4 Å². The molecule has 0 saturated carbocycles. The summed E-state index contributed by atoms with van der Waals surface area (Å²) < 4.78 is 1.73. The molecule has 0 aliphatic heterocycles. The largest absolute Gasteiger partial charge is 0.202 e. The van der Waals surface area contributed by atoms with Crippen LogP contribution in [-0.2, 0) is 0 Å². The molecule has 0 atom stereocenters. The smallest absolute Gasteiger partial charge is 0.151 e. The first-order chi connectivity index (χ1) is 8.58. The summed E-state index contributed by atoms with van der Waals surface area (Å²) in [5.74, 6) is 2.14. The minimum absolute atomic E-state index is 0.554. The summed E-state index contributed by atoms with van der Waals surface area (Å²) in [5.41, 5.74) is 2.41. The molecular formula is C14H18N4. The second kappa shape index (κ2) is 5.12. The summed E-state index contributed by atoms with van der Waals surface area (Å²) in [7, 11) is 0. The van der Waals surface area contributed by atoms with Crippen LogP contribution in [0, 0.1) is 13.8 Å². The fourth-order valence-electron chi connectivity index (χ4n) is 1.72. The van der Waals surface area contributed by atoms with Gasteiger partial charge in [0.05, 0.1) is 6.21 Å². The maximum Gasteiger partial charge on any atom is 0.151 e. The molecule has 0 radical (unpaired) electrons. The Morgan fingerprint density at radius 2 is 1.61 bits per heavy atom. The first-order valence-corrected chi connectivity index (χ1v) is 6.11. The lowest BCUT2D eigenvalue weighted by Gasteiger charge is -2.04. The zero-order chi connectivity index (χ0) is 13.1. The lowest BCUT2D eigenvalue weighted by molar-refractivity contribution is 0.799. The molecule has 4 nitrogen and oxygen atoms in total. The van der Waals surface area contributed by atoms with Crippen LogP contribution in [0.25, 0.3) is 0 Å². The zero-order valence-corrected chi connectivity index (χ0v) is 11.3. The van der Waals surface area contributed by atoms with E-state index in [0.717, 1.165) is 17.2 Å². The Labute approximate surface area is 107 Å². The van der Waals surface area contributed by atoms with Gasteiger partial charge in [-0.2, -0.15) is 5.10 Å². The summed E-state index contributed by atoms with van der Waals surface area (Å²) in [4.78, 5) is 0. The van der Waals surface area contributed by atoms with Crippen LogP contribution in [0.1, 0.15) is 42.5 Å². The third kappa shape index (κ3) is 2.64. The van der Waals surface area contributed by atoms with Crippen molar-refractivity contribution in [2.24, 2.45) is 5.10 Å². The van der Waals surface area contributed by atoms with Crippen LogP contribution in [0.5, 0.6) is 0 Å². The van der Waals surface area contributed by atoms with Gasteiger partial charge < -0.3 is 0 Å². The molecule has 0 N–H and O–H groups in total. The van der Waals surface area contributed by atoms with Crippen molar-refractivity contribution in [3.63, 3.8) is 0 Å². The molecule has 18 heavy (non-hydrogen) atoms. The highest BCUT2D eigenvalue weighted by molar-refractivity contribution is 5.79. The zero-order valence-electron chi connectivity index (χ0n) is 11.3.